The number of rotatable bonds is 8. The summed E-state index contributed by atoms with van der Waals surface area (Å²) < 4.78 is 5.23. The number of methoxy groups -OCH3 is 1. The van der Waals surface area contributed by atoms with E-state index in [2.05, 4.69) is 29.9 Å². The van der Waals surface area contributed by atoms with E-state index in [9.17, 15) is 0 Å². The van der Waals surface area contributed by atoms with E-state index in [1.807, 2.05) is 11.3 Å². The minimum Gasteiger partial charge on any atom is -0.382 e. The molecule has 0 aromatic carbocycles. The van der Waals surface area contributed by atoms with Gasteiger partial charge in [0, 0.05) is 18.0 Å². The summed E-state index contributed by atoms with van der Waals surface area (Å²) in [4.78, 5) is 1.43. The number of hydrogen-bond donors (Lipinski definition) is 2. The minimum absolute atomic E-state index is 0.317. The van der Waals surface area contributed by atoms with Crippen LogP contribution in [0, 0.1) is 0 Å². The first kappa shape index (κ1) is 13.6. The summed E-state index contributed by atoms with van der Waals surface area (Å²) in [6, 6.07) is 4.66. The summed E-state index contributed by atoms with van der Waals surface area (Å²) in [6.07, 6.45) is 4.63. The van der Waals surface area contributed by atoms with Crippen molar-refractivity contribution >= 4 is 11.3 Å². The first-order chi connectivity index (χ1) is 7.76. The van der Waals surface area contributed by atoms with Crippen molar-refractivity contribution < 1.29 is 4.74 Å². The molecule has 0 amide bonds. The van der Waals surface area contributed by atoms with Gasteiger partial charge in [-0.1, -0.05) is 6.07 Å². The van der Waals surface area contributed by atoms with Crippen LogP contribution in [0.1, 0.15) is 31.1 Å². The highest BCUT2D eigenvalue weighted by Gasteiger charge is 2.09. The molecule has 0 bridgehead atoms. The van der Waals surface area contributed by atoms with Gasteiger partial charge in [0.15, 0.2) is 0 Å². The van der Waals surface area contributed by atoms with E-state index in [1.165, 1.54) is 4.88 Å². The van der Waals surface area contributed by atoms with Gasteiger partial charge in [0.05, 0.1) is 6.10 Å². The van der Waals surface area contributed by atoms with Crippen LogP contribution in [-0.2, 0) is 11.2 Å². The van der Waals surface area contributed by atoms with Crippen LogP contribution >= 0.6 is 11.3 Å². The maximum absolute atomic E-state index is 5.55. The third-order valence-corrected chi connectivity index (χ3v) is 3.82. The molecule has 0 aliphatic rings. The molecule has 0 fully saturated rings. The number of thiophene rings is 1. The third kappa shape index (κ3) is 5.07. The monoisotopic (exact) mass is 242 g/mol. The normalized spacial score (nSPS) is 14.9. The molecule has 0 saturated carbocycles. The second-order valence-corrected chi connectivity index (χ2v) is 5.14. The fraction of sp³-hybridized carbons (Fsp3) is 0.667. The highest BCUT2D eigenvalue weighted by molar-refractivity contribution is 7.09. The van der Waals surface area contributed by atoms with E-state index >= 15 is 0 Å². The molecule has 0 spiro atoms. The van der Waals surface area contributed by atoms with Gasteiger partial charge in [0.2, 0.25) is 0 Å². The summed E-state index contributed by atoms with van der Waals surface area (Å²) >= 11 is 1.81. The molecule has 0 radical (unpaired) electrons. The van der Waals surface area contributed by atoms with Crippen molar-refractivity contribution in [3.05, 3.63) is 22.4 Å². The average molecular weight is 242 g/mol. The third-order valence-electron chi connectivity index (χ3n) is 2.88. The van der Waals surface area contributed by atoms with Crippen molar-refractivity contribution in [2.45, 2.75) is 44.8 Å². The van der Waals surface area contributed by atoms with Gasteiger partial charge < -0.3 is 4.74 Å². The van der Waals surface area contributed by atoms with Gasteiger partial charge >= 0.3 is 0 Å². The molecule has 0 aliphatic heterocycles. The highest BCUT2D eigenvalue weighted by atomic mass is 32.1. The van der Waals surface area contributed by atoms with Crippen LogP contribution < -0.4 is 11.3 Å². The Labute approximate surface area is 102 Å². The van der Waals surface area contributed by atoms with Gasteiger partial charge in [-0.3, -0.25) is 11.3 Å². The molecule has 16 heavy (non-hydrogen) atoms. The lowest BCUT2D eigenvalue weighted by Crippen LogP contribution is -2.36. The van der Waals surface area contributed by atoms with E-state index in [-0.39, 0.29) is 0 Å². The molecule has 3 nitrogen and oxygen atoms in total. The Morgan fingerprint density at radius 2 is 2.25 bits per heavy atom. The Morgan fingerprint density at radius 3 is 2.81 bits per heavy atom. The number of hydrogen-bond acceptors (Lipinski definition) is 4. The van der Waals surface area contributed by atoms with Crippen molar-refractivity contribution in [3.63, 3.8) is 0 Å². The minimum atomic E-state index is 0.317. The van der Waals surface area contributed by atoms with Crippen molar-refractivity contribution in [1.29, 1.82) is 0 Å². The van der Waals surface area contributed by atoms with Crippen LogP contribution in [0.3, 0.4) is 0 Å². The molecule has 0 aliphatic carbocycles. The van der Waals surface area contributed by atoms with Crippen LogP contribution in [0.2, 0.25) is 0 Å². The molecule has 2 unspecified atom stereocenters. The predicted octanol–water partition coefficient (Wildman–Crippen LogP) is 2.33. The van der Waals surface area contributed by atoms with Crippen LogP contribution in [0.25, 0.3) is 0 Å². The number of nitrogens with two attached hydrogens (primary N) is 1. The second-order valence-electron chi connectivity index (χ2n) is 4.11. The van der Waals surface area contributed by atoms with E-state index < -0.39 is 0 Å². The summed E-state index contributed by atoms with van der Waals surface area (Å²) in [6.45, 7) is 2.09. The summed E-state index contributed by atoms with van der Waals surface area (Å²) in [5.41, 5.74) is 2.89. The van der Waals surface area contributed by atoms with Crippen molar-refractivity contribution in [1.82, 2.24) is 5.43 Å². The first-order valence-corrected chi connectivity index (χ1v) is 6.65. The predicted molar refractivity (Wildman–Crippen MR) is 69.5 cm³/mol. The first-order valence-electron chi connectivity index (χ1n) is 5.77. The number of aryl methyl sites for hydroxylation is 1. The summed E-state index contributed by atoms with van der Waals surface area (Å²) in [7, 11) is 1.75. The van der Waals surface area contributed by atoms with E-state index in [1.54, 1.807) is 7.11 Å². The maximum atomic E-state index is 5.55. The van der Waals surface area contributed by atoms with Crippen LogP contribution in [0.15, 0.2) is 17.5 Å². The zero-order valence-corrected chi connectivity index (χ0v) is 10.9. The zero-order chi connectivity index (χ0) is 11.8. The molecule has 2 atom stereocenters. The van der Waals surface area contributed by atoms with Crippen molar-refractivity contribution in [3.8, 4) is 0 Å². The molecule has 0 saturated heterocycles. The Hall–Kier alpha value is -0.420. The highest BCUT2D eigenvalue weighted by Crippen LogP contribution is 2.14. The molecular weight excluding hydrogens is 220 g/mol. The number of hydrazine groups is 1. The van der Waals surface area contributed by atoms with Crippen LogP contribution in [0.5, 0.6) is 0 Å². The zero-order valence-electron chi connectivity index (χ0n) is 10.1. The lowest BCUT2D eigenvalue weighted by atomic mass is 10.0. The van der Waals surface area contributed by atoms with Gasteiger partial charge in [0.25, 0.3) is 0 Å². The fourth-order valence-corrected chi connectivity index (χ4v) is 2.36. The second kappa shape index (κ2) is 7.79. The number of nitrogens with one attached hydrogen (secondary N) is 1. The van der Waals surface area contributed by atoms with Gasteiger partial charge in [0.1, 0.15) is 0 Å². The maximum Gasteiger partial charge on any atom is 0.0543 e. The van der Waals surface area contributed by atoms with Gasteiger partial charge in [-0.25, -0.2) is 0 Å². The fourth-order valence-electron chi connectivity index (χ4n) is 1.64. The lowest BCUT2D eigenvalue weighted by Gasteiger charge is -2.17. The molecule has 4 heteroatoms. The molecule has 3 N–H and O–H groups in total. The summed E-state index contributed by atoms with van der Waals surface area (Å²) in [5.74, 6) is 5.55. The molecular formula is C12H22N2OS. The van der Waals surface area contributed by atoms with Crippen LogP contribution in [-0.4, -0.2) is 19.3 Å². The largest absolute Gasteiger partial charge is 0.382 e. The van der Waals surface area contributed by atoms with Crippen LogP contribution in [0.4, 0.5) is 0 Å². The van der Waals surface area contributed by atoms with Gasteiger partial charge in [-0.05, 0) is 44.1 Å². The quantitative estimate of drug-likeness (QED) is 0.543. The average Bonchev–Trinajstić information content (AvgIpc) is 2.81. The smallest absolute Gasteiger partial charge is 0.0543 e. The lowest BCUT2D eigenvalue weighted by molar-refractivity contribution is 0.105. The van der Waals surface area contributed by atoms with E-state index in [4.69, 9.17) is 10.6 Å². The van der Waals surface area contributed by atoms with E-state index in [0.717, 1.165) is 25.7 Å². The standard InChI is InChI=1S/C12H22N2OS/c1-10(15-2)5-6-11(14-13)7-8-12-4-3-9-16-12/h3-4,9-11,14H,5-8,13H2,1-2H3. The number of ether oxygens (including phenoxy) is 1. The molecule has 92 valence electrons. The Kier molecular flexibility index (Phi) is 6.64. The van der Waals surface area contributed by atoms with Gasteiger partial charge in [-0.2, -0.15) is 0 Å². The van der Waals surface area contributed by atoms with Crippen molar-refractivity contribution in [2.24, 2.45) is 5.84 Å². The van der Waals surface area contributed by atoms with E-state index in [0.29, 0.717) is 12.1 Å². The SMILES string of the molecule is COC(C)CCC(CCc1cccs1)NN. The Bertz CT molecular complexity index is 264. The molecule has 1 heterocycles. The molecule has 1 aromatic heterocycles. The molecule has 1 aromatic rings. The molecule has 1 rings (SSSR count). The van der Waals surface area contributed by atoms with Gasteiger partial charge in [-0.15, -0.1) is 11.3 Å². The van der Waals surface area contributed by atoms with Crippen molar-refractivity contribution in [2.75, 3.05) is 7.11 Å². The summed E-state index contributed by atoms with van der Waals surface area (Å²) in [5, 5.41) is 2.12. The Morgan fingerprint density at radius 1 is 1.44 bits per heavy atom. The topological polar surface area (TPSA) is 47.3 Å². The Balaban J connectivity index is 2.21.